The number of rotatable bonds is 5. The lowest BCUT2D eigenvalue weighted by atomic mass is 9.99. The first kappa shape index (κ1) is 13.9. The van der Waals surface area contributed by atoms with Gasteiger partial charge in [0.05, 0.1) is 0 Å². The average molecular weight is 249 g/mol. The third-order valence-corrected chi connectivity index (χ3v) is 4.89. The molecule has 16 heavy (non-hydrogen) atoms. The minimum atomic E-state index is -3.29. The van der Waals surface area contributed by atoms with Crippen molar-refractivity contribution < 1.29 is 8.42 Å². The van der Waals surface area contributed by atoms with Gasteiger partial charge in [0.15, 0.2) is 0 Å². The van der Waals surface area contributed by atoms with Gasteiger partial charge in [-0.15, -0.1) is 0 Å². The quantitative estimate of drug-likeness (QED) is 0.737. The highest BCUT2D eigenvalue weighted by atomic mass is 32.2. The van der Waals surface area contributed by atoms with Crippen LogP contribution in [0.4, 0.5) is 0 Å². The second kappa shape index (κ2) is 5.95. The molecule has 0 aromatic heterocycles. The standard InChI is InChI=1S/C10H23N3O2S/c1-4-12-16(14,15)13-8-6-5-7-10(13)9(2)11-3/h9-12H,4-8H2,1-3H3. The first-order chi connectivity index (χ1) is 7.53. The maximum atomic E-state index is 12.0. The van der Waals surface area contributed by atoms with Crippen LogP contribution in [0.3, 0.4) is 0 Å². The monoisotopic (exact) mass is 249 g/mol. The van der Waals surface area contributed by atoms with Crippen molar-refractivity contribution in [1.82, 2.24) is 14.3 Å². The summed E-state index contributed by atoms with van der Waals surface area (Å²) >= 11 is 0. The van der Waals surface area contributed by atoms with Crippen LogP contribution in [0.15, 0.2) is 0 Å². The number of nitrogens with one attached hydrogen (secondary N) is 2. The summed E-state index contributed by atoms with van der Waals surface area (Å²) in [6, 6.07) is 0.261. The molecule has 6 heteroatoms. The van der Waals surface area contributed by atoms with Gasteiger partial charge in [0.25, 0.3) is 10.2 Å². The van der Waals surface area contributed by atoms with Gasteiger partial charge in [0.2, 0.25) is 0 Å². The van der Waals surface area contributed by atoms with Crippen LogP contribution in [0.25, 0.3) is 0 Å². The van der Waals surface area contributed by atoms with E-state index in [0.717, 1.165) is 19.3 Å². The highest BCUT2D eigenvalue weighted by Crippen LogP contribution is 2.22. The van der Waals surface area contributed by atoms with E-state index in [9.17, 15) is 8.42 Å². The molecule has 2 N–H and O–H groups in total. The van der Waals surface area contributed by atoms with Crippen LogP contribution in [0.1, 0.15) is 33.1 Å². The molecule has 0 aromatic carbocycles. The minimum absolute atomic E-state index is 0.0720. The van der Waals surface area contributed by atoms with E-state index in [0.29, 0.717) is 13.1 Å². The van der Waals surface area contributed by atoms with Crippen molar-refractivity contribution in [1.29, 1.82) is 0 Å². The molecule has 1 rings (SSSR count). The summed E-state index contributed by atoms with van der Waals surface area (Å²) in [6.07, 6.45) is 3.00. The molecule has 2 unspecified atom stereocenters. The fraction of sp³-hybridized carbons (Fsp3) is 1.00. The van der Waals surface area contributed by atoms with Gasteiger partial charge in [-0.3, -0.25) is 0 Å². The summed E-state index contributed by atoms with van der Waals surface area (Å²) in [5, 5.41) is 3.14. The van der Waals surface area contributed by atoms with Gasteiger partial charge in [-0.2, -0.15) is 12.7 Å². The smallest absolute Gasteiger partial charge is 0.279 e. The molecule has 0 aromatic rings. The van der Waals surface area contributed by atoms with E-state index in [4.69, 9.17) is 0 Å². The second-order valence-corrected chi connectivity index (χ2v) is 5.96. The fourth-order valence-corrected chi connectivity index (χ4v) is 3.73. The molecular weight excluding hydrogens is 226 g/mol. The zero-order chi connectivity index (χ0) is 12.2. The Kier molecular flexibility index (Phi) is 5.17. The van der Waals surface area contributed by atoms with E-state index in [2.05, 4.69) is 10.0 Å². The molecule has 0 bridgehead atoms. The Morgan fingerprint density at radius 3 is 2.69 bits per heavy atom. The average Bonchev–Trinajstić information content (AvgIpc) is 2.28. The van der Waals surface area contributed by atoms with Gasteiger partial charge in [0.1, 0.15) is 0 Å². The highest BCUT2D eigenvalue weighted by molar-refractivity contribution is 7.87. The lowest BCUT2D eigenvalue weighted by molar-refractivity contribution is 0.211. The van der Waals surface area contributed by atoms with Crippen LogP contribution in [0.2, 0.25) is 0 Å². The molecule has 2 atom stereocenters. The van der Waals surface area contributed by atoms with Crippen molar-refractivity contribution >= 4 is 10.2 Å². The van der Waals surface area contributed by atoms with Crippen molar-refractivity contribution in [3.8, 4) is 0 Å². The van der Waals surface area contributed by atoms with Gasteiger partial charge >= 0.3 is 0 Å². The molecule has 0 saturated carbocycles. The van der Waals surface area contributed by atoms with E-state index in [1.54, 1.807) is 11.2 Å². The van der Waals surface area contributed by atoms with Gasteiger partial charge < -0.3 is 5.32 Å². The summed E-state index contributed by atoms with van der Waals surface area (Å²) in [6.45, 7) is 4.91. The summed E-state index contributed by atoms with van der Waals surface area (Å²) in [7, 11) is -1.42. The molecule has 1 saturated heterocycles. The van der Waals surface area contributed by atoms with Crippen LogP contribution < -0.4 is 10.0 Å². The van der Waals surface area contributed by atoms with Gasteiger partial charge in [0, 0.05) is 25.2 Å². The Morgan fingerprint density at radius 1 is 1.44 bits per heavy atom. The minimum Gasteiger partial charge on any atom is -0.316 e. The molecular formula is C10H23N3O2S. The van der Waals surface area contributed by atoms with E-state index in [1.807, 2.05) is 14.0 Å². The second-order valence-electron chi connectivity index (χ2n) is 4.25. The van der Waals surface area contributed by atoms with E-state index < -0.39 is 10.2 Å². The Morgan fingerprint density at radius 2 is 2.12 bits per heavy atom. The molecule has 1 aliphatic heterocycles. The lowest BCUT2D eigenvalue weighted by Crippen LogP contribution is -2.55. The first-order valence-corrected chi connectivity index (χ1v) is 7.40. The molecule has 5 nitrogen and oxygen atoms in total. The number of hydrogen-bond donors (Lipinski definition) is 2. The summed E-state index contributed by atoms with van der Waals surface area (Å²) in [4.78, 5) is 0. The van der Waals surface area contributed by atoms with Gasteiger partial charge in [-0.05, 0) is 26.8 Å². The normalized spacial score (nSPS) is 25.6. The Balaban J connectivity index is 2.81. The zero-order valence-corrected chi connectivity index (χ0v) is 11.2. The molecule has 96 valence electrons. The van der Waals surface area contributed by atoms with Crippen LogP contribution in [0.5, 0.6) is 0 Å². The number of hydrogen-bond acceptors (Lipinski definition) is 3. The first-order valence-electron chi connectivity index (χ1n) is 5.96. The summed E-state index contributed by atoms with van der Waals surface area (Å²) < 4.78 is 28.2. The maximum absolute atomic E-state index is 12.0. The number of likely N-dealkylation sites (N-methyl/N-ethyl adjacent to an activating group) is 1. The third-order valence-electron chi connectivity index (χ3n) is 3.17. The summed E-state index contributed by atoms with van der Waals surface area (Å²) in [5.41, 5.74) is 0. The Labute approximate surface area is 98.8 Å². The van der Waals surface area contributed by atoms with E-state index >= 15 is 0 Å². The number of nitrogens with zero attached hydrogens (tertiary/aromatic N) is 1. The third kappa shape index (κ3) is 3.16. The van der Waals surface area contributed by atoms with E-state index in [-0.39, 0.29) is 12.1 Å². The number of piperidine rings is 1. The molecule has 0 spiro atoms. The van der Waals surface area contributed by atoms with Crippen LogP contribution >= 0.6 is 0 Å². The molecule has 0 radical (unpaired) electrons. The fourth-order valence-electron chi connectivity index (χ4n) is 2.19. The largest absolute Gasteiger partial charge is 0.316 e. The zero-order valence-electron chi connectivity index (χ0n) is 10.4. The molecule has 1 fully saturated rings. The Hall–Kier alpha value is -0.170. The van der Waals surface area contributed by atoms with Crippen LogP contribution in [-0.4, -0.2) is 44.9 Å². The predicted molar refractivity (Wildman–Crippen MR) is 65.5 cm³/mol. The van der Waals surface area contributed by atoms with E-state index in [1.165, 1.54) is 0 Å². The van der Waals surface area contributed by atoms with Crippen molar-refractivity contribution in [3.63, 3.8) is 0 Å². The molecule has 0 aliphatic carbocycles. The topological polar surface area (TPSA) is 61.4 Å². The molecule has 0 amide bonds. The summed E-state index contributed by atoms with van der Waals surface area (Å²) in [5.74, 6) is 0. The van der Waals surface area contributed by atoms with Crippen molar-refractivity contribution in [3.05, 3.63) is 0 Å². The predicted octanol–water partition coefficient (Wildman–Crippen LogP) is 0.303. The van der Waals surface area contributed by atoms with Gasteiger partial charge in [-0.1, -0.05) is 13.3 Å². The highest BCUT2D eigenvalue weighted by Gasteiger charge is 2.34. The van der Waals surface area contributed by atoms with Crippen LogP contribution in [0, 0.1) is 0 Å². The SMILES string of the molecule is CCNS(=O)(=O)N1CCCCC1C(C)NC. The van der Waals surface area contributed by atoms with Crippen molar-refractivity contribution in [2.24, 2.45) is 0 Å². The lowest BCUT2D eigenvalue weighted by Gasteiger charge is -2.37. The van der Waals surface area contributed by atoms with Crippen molar-refractivity contribution in [2.75, 3.05) is 20.1 Å². The Bertz CT molecular complexity index is 305. The molecule has 1 aliphatic rings. The van der Waals surface area contributed by atoms with Gasteiger partial charge in [-0.25, -0.2) is 4.72 Å². The van der Waals surface area contributed by atoms with Crippen molar-refractivity contribution in [2.45, 2.75) is 45.2 Å². The van der Waals surface area contributed by atoms with Crippen LogP contribution in [-0.2, 0) is 10.2 Å². The molecule has 1 heterocycles. The maximum Gasteiger partial charge on any atom is 0.279 e.